The first-order valence-electron chi connectivity index (χ1n) is 7.99. The molecule has 3 nitrogen and oxygen atoms in total. The first-order chi connectivity index (χ1) is 9.83. The van der Waals surface area contributed by atoms with Crippen LogP contribution >= 0.6 is 24.8 Å². The average molecular weight is 345 g/mol. The lowest BCUT2D eigenvalue weighted by Crippen LogP contribution is -2.24. The maximum atomic E-state index is 6.05. The van der Waals surface area contributed by atoms with E-state index in [2.05, 4.69) is 29.2 Å². The number of benzene rings is 1. The highest BCUT2D eigenvalue weighted by atomic mass is 35.5. The van der Waals surface area contributed by atoms with Gasteiger partial charge in [0.05, 0.1) is 12.2 Å². The number of hydrogen-bond acceptors (Lipinski definition) is 3. The van der Waals surface area contributed by atoms with Crippen molar-refractivity contribution >= 4 is 24.8 Å². The number of hydrogen-bond donors (Lipinski definition) is 1. The third-order valence-electron chi connectivity index (χ3n) is 5.36. The van der Waals surface area contributed by atoms with Gasteiger partial charge in [-0.1, -0.05) is 24.3 Å². The van der Waals surface area contributed by atoms with Crippen LogP contribution in [0, 0.1) is 11.8 Å². The van der Waals surface area contributed by atoms with E-state index in [1.807, 2.05) is 0 Å². The molecule has 0 aliphatic carbocycles. The molecule has 5 heteroatoms. The van der Waals surface area contributed by atoms with Crippen molar-refractivity contribution in [3.8, 4) is 0 Å². The van der Waals surface area contributed by atoms with Crippen molar-refractivity contribution in [3.05, 3.63) is 35.4 Å². The van der Waals surface area contributed by atoms with Crippen molar-refractivity contribution in [2.45, 2.75) is 38.0 Å². The minimum Gasteiger partial charge on any atom is -0.374 e. The lowest BCUT2D eigenvalue weighted by atomic mass is 9.82. The maximum Gasteiger partial charge on any atom is 0.0624 e. The van der Waals surface area contributed by atoms with E-state index < -0.39 is 0 Å². The minimum atomic E-state index is 0. The molecule has 3 fully saturated rings. The quantitative estimate of drug-likeness (QED) is 0.912. The summed E-state index contributed by atoms with van der Waals surface area (Å²) in [6, 6.07) is 8.93. The molecule has 3 aliphatic rings. The molecule has 2 bridgehead atoms. The molecule has 2 N–H and O–H groups in total. The summed E-state index contributed by atoms with van der Waals surface area (Å²) >= 11 is 0. The number of likely N-dealkylation sites (tertiary alicyclic amines) is 1. The zero-order chi connectivity index (χ0) is 13.5. The standard InChI is InChI=1S/C17H24N2O.2ClH/c18-7-6-12-2-1-3-13(8-12)9-19-10-14-15(11-19)17-5-4-16(14)20-17;;/h1-3,8,14-17H,4-7,9-11,18H2;2*1H/t14-,15+,16+,17-;;. The van der Waals surface area contributed by atoms with E-state index in [0.29, 0.717) is 12.2 Å². The SMILES string of the molecule is Cl.Cl.NCCc1cccc(CN2C[C@@H]3[C@H](C2)[C@H]2CC[C@@H]3O2)c1. The Kier molecular flexibility index (Phi) is 6.14. The highest BCUT2D eigenvalue weighted by Crippen LogP contribution is 2.47. The summed E-state index contributed by atoms with van der Waals surface area (Å²) < 4.78 is 6.05. The zero-order valence-electron chi connectivity index (χ0n) is 12.8. The van der Waals surface area contributed by atoms with E-state index in [-0.39, 0.29) is 24.8 Å². The Morgan fingerprint density at radius 3 is 2.32 bits per heavy atom. The molecule has 3 saturated heterocycles. The number of nitrogens with two attached hydrogens (primary N) is 1. The van der Waals surface area contributed by atoms with E-state index in [1.165, 1.54) is 37.1 Å². The van der Waals surface area contributed by atoms with Gasteiger partial charge in [0.15, 0.2) is 0 Å². The predicted octanol–water partition coefficient (Wildman–Crippen LogP) is 2.64. The van der Waals surface area contributed by atoms with Crippen LogP contribution in [0.25, 0.3) is 0 Å². The van der Waals surface area contributed by atoms with Gasteiger partial charge in [-0.05, 0) is 36.9 Å². The van der Waals surface area contributed by atoms with Crippen molar-refractivity contribution in [1.29, 1.82) is 0 Å². The molecular weight excluding hydrogens is 319 g/mol. The van der Waals surface area contributed by atoms with Gasteiger partial charge in [0, 0.05) is 31.5 Å². The van der Waals surface area contributed by atoms with Gasteiger partial charge in [0.1, 0.15) is 0 Å². The summed E-state index contributed by atoms with van der Waals surface area (Å²) in [6.07, 6.45) is 4.71. The second kappa shape index (κ2) is 7.50. The van der Waals surface area contributed by atoms with Gasteiger partial charge in [-0.15, -0.1) is 24.8 Å². The van der Waals surface area contributed by atoms with Crippen LogP contribution in [0.2, 0.25) is 0 Å². The second-order valence-corrected chi connectivity index (χ2v) is 6.67. The molecule has 0 unspecified atom stereocenters. The summed E-state index contributed by atoms with van der Waals surface area (Å²) in [6.45, 7) is 4.28. The topological polar surface area (TPSA) is 38.5 Å². The normalized spacial score (nSPS) is 32.4. The molecule has 22 heavy (non-hydrogen) atoms. The van der Waals surface area contributed by atoms with Crippen LogP contribution < -0.4 is 5.73 Å². The van der Waals surface area contributed by atoms with Crippen molar-refractivity contribution in [1.82, 2.24) is 4.90 Å². The molecule has 0 radical (unpaired) electrons. The molecule has 4 atom stereocenters. The summed E-state index contributed by atoms with van der Waals surface area (Å²) in [5, 5.41) is 0. The van der Waals surface area contributed by atoms with E-state index in [0.717, 1.165) is 31.3 Å². The first kappa shape index (κ1) is 18.0. The van der Waals surface area contributed by atoms with Gasteiger partial charge in [-0.25, -0.2) is 0 Å². The van der Waals surface area contributed by atoms with Gasteiger partial charge in [0.2, 0.25) is 0 Å². The van der Waals surface area contributed by atoms with Crippen LogP contribution in [-0.2, 0) is 17.7 Å². The molecule has 1 aromatic rings. The Hall–Kier alpha value is -0.320. The van der Waals surface area contributed by atoms with E-state index in [1.54, 1.807) is 0 Å². The molecule has 1 aromatic carbocycles. The maximum absolute atomic E-state index is 6.05. The van der Waals surface area contributed by atoms with Gasteiger partial charge in [-0.3, -0.25) is 4.90 Å². The molecule has 0 aromatic heterocycles. The fourth-order valence-electron chi connectivity index (χ4n) is 4.48. The Morgan fingerprint density at radius 1 is 1.05 bits per heavy atom. The molecule has 0 amide bonds. The molecule has 0 saturated carbocycles. The Balaban J connectivity index is 0.000000882. The summed E-state index contributed by atoms with van der Waals surface area (Å²) in [5.41, 5.74) is 8.45. The second-order valence-electron chi connectivity index (χ2n) is 6.67. The largest absolute Gasteiger partial charge is 0.374 e. The third-order valence-corrected chi connectivity index (χ3v) is 5.36. The Morgan fingerprint density at radius 2 is 1.68 bits per heavy atom. The Bertz CT molecular complexity index is 481. The van der Waals surface area contributed by atoms with Crippen LogP contribution in [0.4, 0.5) is 0 Å². The van der Waals surface area contributed by atoms with Crippen LogP contribution in [0.1, 0.15) is 24.0 Å². The van der Waals surface area contributed by atoms with Crippen LogP contribution in [0.5, 0.6) is 0 Å². The molecule has 124 valence electrons. The minimum absolute atomic E-state index is 0. The molecular formula is C17H26Cl2N2O. The lowest BCUT2D eigenvalue weighted by molar-refractivity contribution is 0.0697. The molecule has 0 spiro atoms. The predicted molar refractivity (Wildman–Crippen MR) is 93.8 cm³/mol. The lowest BCUT2D eigenvalue weighted by Gasteiger charge is -2.18. The summed E-state index contributed by atoms with van der Waals surface area (Å²) in [7, 11) is 0. The van der Waals surface area contributed by atoms with Gasteiger partial charge >= 0.3 is 0 Å². The van der Waals surface area contributed by atoms with Crippen molar-refractivity contribution < 1.29 is 4.74 Å². The van der Waals surface area contributed by atoms with E-state index >= 15 is 0 Å². The number of fused-ring (bicyclic) bond motifs is 5. The number of nitrogens with zero attached hydrogens (tertiary/aromatic N) is 1. The molecule has 4 rings (SSSR count). The van der Waals surface area contributed by atoms with Crippen LogP contribution in [-0.4, -0.2) is 36.7 Å². The van der Waals surface area contributed by atoms with Crippen molar-refractivity contribution in [3.63, 3.8) is 0 Å². The highest BCUT2D eigenvalue weighted by Gasteiger charge is 2.52. The smallest absolute Gasteiger partial charge is 0.0624 e. The Labute approximate surface area is 145 Å². The number of rotatable bonds is 4. The summed E-state index contributed by atoms with van der Waals surface area (Å²) in [5.74, 6) is 1.61. The van der Waals surface area contributed by atoms with Crippen molar-refractivity contribution in [2.24, 2.45) is 17.6 Å². The fraction of sp³-hybridized carbons (Fsp3) is 0.647. The van der Waals surface area contributed by atoms with E-state index in [9.17, 15) is 0 Å². The highest BCUT2D eigenvalue weighted by molar-refractivity contribution is 5.85. The summed E-state index contributed by atoms with van der Waals surface area (Å²) in [4.78, 5) is 2.63. The number of halogens is 2. The van der Waals surface area contributed by atoms with Gasteiger partial charge in [0.25, 0.3) is 0 Å². The fourth-order valence-corrected chi connectivity index (χ4v) is 4.48. The van der Waals surface area contributed by atoms with E-state index in [4.69, 9.17) is 10.5 Å². The number of ether oxygens (including phenoxy) is 1. The monoisotopic (exact) mass is 344 g/mol. The molecule has 3 heterocycles. The first-order valence-corrected chi connectivity index (χ1v) is 7.99. The van der Waals surface area contributed by atoms with Crippen LogP contribution in [0.15, 0.2) is 24.3 Å². The van der Waals surface area contributed by atoms with Gasteiger partial charge < -0.3 is 10.5 Å². The molecule has 3 aliphatic heterocycles. The zero-order valence-corrected chi connectivity index (χ0v) is 14.5. The average Bonchev–Trinajstić information content (AvgIpc) is 3.10. The van der Waals surface area contributed by atoms with Gasteiger partial charge in [-0.2, -0.15) is 0 Å². The van der Waals surface area contributed by atoms with Crippen LogP contribution in [0.3, 0.4) is 0 Å². The third kappa shape index (κ3) is 3.29. The van der Waals surface area contributed by atoms with Crippen molar-refractivity contribution in [2.75, 3.05) is 19.6 Å².